The van der Waals surface area contributed by atoms with E-state index in [1.54, 1.807) is 36.7 Å². The molecule has 0 radical (unpaired) electrons. The molecule has 0 spiro atoms. The monoisotopic (exact) mass is 585 g/mol. The molecule has 0 saturated carbocycles. The van der Waals surface area contributed by atoms with Crippen molar-refractivity contribution in [2.24, 2.45) is 7.05 Å². The Balaban J connectivity index is 1.23. The molecule has 0 unspecified atom stereocenters. The van der Waals surface area contributed by atoms with E-state index in [4.69, 9.17) is 11.5 Å². The minimum atomic E-state index is 0.0973. The largest absolute Gasteiger partial charge is 0.507 e. The predicted octanol–water partition coefficient (Wildman–Crippen LogP) is 4.92. The summed E-state index contributed by atoms with van der Waals surface area (Å²) in [7, 11) is 3.82. The highest BCUT2D eigenvalue weighted by Crippen LogP contribution is 2.39. The number of phenols is 2. The van der Waals surface area contributed by atoms with Gasteiger partial charge in [-0.05, 0) is 47.9 Å². The van der Waals surface area contributed by atoms with Crippen LogP contribution in [0, 0.1) is 0 Å². The van der Waals surface area contributed by atoms with Crippen LogP contribution < -0.4 is 16.4 Å². The summed E-state index contributed by atoms with van der Waals surface area (Å²) in [6.07, 6.45) is 4.24. The maximum absolute atomic E-state index is 11.4. The van der Waals surface area contributed by atoms with Gasteiger partial charge in [-0.1, -0.05) is 48.5 Å². The van der Waals surface area contributed by atoms with E-state index in [2.05, 4.69) is 31.4 Å². The highest BCUT2D eigenvalue weighted by atomic mass is 16.3. The normalized spacial score (nSPS) is 11.0. The molecule has 220 valence electrons. The summed E-state index contributed by atoms with van der Waals surface area (Å²) in [5, 5.41) is 38.3. The first-order valence-electron chi connectivity index (χ1n) is 13.9. The molecule has 3 aromatic carbocycles. The molecule has 0 bridgehead atoms. The zero-order chi connectivity index (χ0) is 30.8. The average molecular weight is 586 g/mol. The van der Waals surface area contributed by atoms with E-state index < -0.39 is 0 Å². The number of benzene rings is 3. The van der Waals surface area contributed by atoms with Crippen molar-refractivity contribution < 1.29 is 10.2 Å². The molecule has 44 heavy (non-hydrogen) atoms. The number of rotatable bonds is 8. The minimum Gasteiger partial charge on any atom is -0.507 e. The second-order valence-corrected chi connectivity index (χ2v) is 10.5. The van der Waals surface area contributed by atoms with Crippen molar-refractivity contribution in [1.82, 2.24) is 29.9 Å². The summed E-state index contributed by atoms with van der Waals surface area (Å²) in [5.41, 5.74) is 19.1. The molecular weight excluding hydrogens is 554 g/mol. The number of nitrogens with two attached hydrogens (primary N) is 2. The van der Waals surface area contributed by atoms with Crippen molar-refractivity contribution >= 4 is 17.3 Å². The van der Waals surface area contributed by atoms with Gasteiger partial charge in [0.05, 0.1) is 29.1 Å². The van der Waals surface area contributed by atoms with Gasteiger partial charge >= 0.3 is 0 Å². The third-order valence-corrected chi connectivity index (χ3v) is 7.48. The SMILES string of the molecule is CN(CCc1cccc(-c2cccc(-c3cc(-c4cn(C)cn4)c(N)nn3)c2O)c1)c1cc(-c2ccccc2O)nnc1N. The van der Waals surface area contributed by atoms with Gasteiger partial charge in [-0.3, -0.25) is 0 Å². The number of para-hydroxylation sites is 2. The highest BCUT2D eigenvalue weighted by Gasteiger charge is 2.17. The molecule has 0 aliphatic heterocycles. The lowest BCUT2D eigenvalue weighted by molar-refractivity contribution is 0.477. The van der Waals surface area contributed by atoms with E-state index >= 15 is 0 Å². The molecule has 6 N–H and O–H groups in total. The topological polar surface area (TPSA) is 165 Å². The summed E-state index contributed by atoms with van der Waals surface area (Å²) in [6.45, 7) is 0.642. The summed E-state index contributed by atoms with van der Waals surface area (Å²) in [4.78, 5) is 6.39. The van der Waals surface area contributed by atoms with Crippen molar-refractivity contribution in [3.05, 3.63) is 97.0 Å². The quantitative estimate of drug-likeness (QED) is 0.193. The van der Waals surface area contributed by atoms with Crippen molar-refractivity contribution in [3.8, 4) is 56.4 Å². The van der Waals surface area contributed by atoms with E-state index in [0.29, 0.717) is 58.1 Å². The molecule has 3 heterocycles. The van der Waals surface area contributed by atoms with Gasteiger partial charge < -0.3 is 31.1 Å². The number of hydrogen-bond donors (Lipinski definition) is 4. The van der Waals surface area contributed by atoms with E-state index in [0.717, 1.165) is 16.8 Å². The van der Waals surface area contributed by atoms with E-state index in [1.165, 1.54) is 0 Å². The lowest BCUT2D eigenvalue weighted by Gasteiger charge is -2.21. The van der Waals surface area contributed by atoms with Crippen LogP contribution in [0.4, 0.5) is 17.3 Å². The molecule has 0 amide bonds. The van der Waals surface area contributed by atoms with Gasteiger partial charge in [0.2, 0.25) is 0 Å². The smallest absolute Gasteiger partial charge is 0.169 e. The van der Waals surface area contributed by atoms with E-state index in [-0.39, 0.29) is 17.3 Å². The number of aryl methyl sites for hydroxylation is 1. The van der Waals surface area contributed by atoms with Crippen molar-refractivity contribution in [3.63, 3.8) is 0 Å². The Kier molecular flexibility index (Phi) is 7.51. The number of imidazole rings is 1. The molecule has 0 fully saturated rings. The molecule has 0 aliphatic carbocycles. The van der Waals surface area contributed by atoms with Gasteiger partial charge in [0.1, 0.15) is 11.5 Å². The minimum absolute atomic E-state index is 0.0973. The van der Waals surface area contributed by atoms with Crippen LogP contribution >= 0.6 is 0 Å². The number of aromatic nitrogens is 6. The molecule has 6 rings (SSSR count). The van der Waals surface area contributed by atoms with Crippen LogP contribution in [0.2, 0.25) is 0 Å². The van der Waals surface area contributed by atoms with Crippen molar-refractivity contribution in [2.45, 2.75) is 6.42 Å². The second kappa shape index (κ2) is 11.7. The number of phenolic OH excluding ortho intramolecular Hbond substituents is 2. The lowest BCUT2D eigenvalue weighted by atomic mass is 9.97. The number of nitrogen functional groups attached to an aromatic ring is 2. The van der Waals surface area contributed by atoms with Gasteiger partial charge in [0, 0.05) is 49.1 Å². The second-order valence-electron chi connectivity index (χ2n) is 10.5. The van der Waals surface area contributed by atoms with Crippen LogP contribution in [0.15, 0.2) is 91.4 Å². The zero-order valence-corrected chi connectivity index (χ0v) is 24.3. The lowest BCUT2D eigenvalue weighted by Crippen LogP contribution is -2.22. The first-order chi connectivity index (χ1) is 21.3. The predicted molar refractivity (Wildman–Crippen MR) is 172 cm³/mol. The van der Waals surface area contributed by atoms with Crippen LogP contribution in [0.5, 0.6) is 11.5 Å². The van der Waals surface area contributed by atoms with Crippen LogP contribution in [-0.2, 0) is 13.5 Å². The first-order valence-corrected chi connectivity index (χ1v) is 13.9. The van der Waals surface area contributed by atoms with Crippen molar-refractivity contribution in [1.29, 1.82) is 0 Å². The fraction of sp³-hybridized carbons (Fsp3) is 0.121. The Bertz CT molecular complexity index is 1970. The zero-order valence-electron chi connectivity index (χ0n) is 24.3. The van der Waals surface area contributed by atoms with Crippen LogP contribution in [0.1, 0.15) is 5.56 Å². The van der Waals surface area contributed by atoms with Gasteiger partial charge in [0.15, 0.2) is 11.6 Å². The van der Waals surface area contributed by atoms with E-state index in [9.17, 15) is 10.2 Å². The number of anilines is 3. The third kappa shape index (κ3) is 5.58. The van der Waals surface area contributed by atoms with Crippen molar-refractivity contribution in [2.75, 3.05) is 30.0 Å². The first kappa shape index (κ1) is 28.2. The molecule has 0 saturated heterocycles. The van der Waals surface area contributed by atoms with Gasteiger partial charge in [-0.25, -0.2) is 4.98 Å². The Morgan fingerprint density at radius 2 is 1.43 bits per heavy atom. The summed E-state index contributed by atoms with van der Waals surface area (Å²) >= 11 is 0. The summed E-state index contributed by atoms with van der Waals surface area (Å²) < 4.78 is 1.83. The number of likely N-dealkylation sites (N-methyl/N-ethyl adjacent to an activating group) is 1. The number of nitrogens with zero attached hydrogens (tertiary/aromatic N) is 7. The van der Waals surface area contributed by atoms with Crippen LogP contribution in [0.3, 0.4) is 0 Å². The molecule has 0 atom stereocenters. The maximum Gasteiger partial charge on any atom is 0.169 e. The van der Waals surface area contributed by atoms with Crippen LogP contribution in [0.25, 0.3) is 44.9 Å². The van der Waals surface area contributed by atoms with Gasteiger partial charge in [0.25, 0.3) is 0 Å². The summed E-state index contributed by atoms with van der Waals surface area (Å²) in [6, 6.07) is 24.2. The fourth-order valence-electron chi connectivity index (χ4n) is 5.10. The molecule has 11 nitrogen and oxygen atoms in total. The third-order valence-electron chi connectivity index (χ3n) is 7.48. The van der Waals surface area contributed by atoms with E-state index in [1.807, 2.05) is 72.2 Å². The molecule has 6 aromatic rings. The van der Waals surface area contributed by atoms with Crippen LogP contribution in [-0.4, -0.2) is 53.8 Å². The summed E-state index contributed by atoms with van der Waals surface area (Å²) in [5.74, 6) is 0.792. The number of hydrogen-bond acceptors (Lipinski definition) is 10. The van der Waals surface area contributed by atoms with Gasteiger partial charge in [-0.2, -0.15) is 0 Å². The Hall–Kier alpha value is -5.97. The molecule has 0 aliphatic rings. The maximum atomic E-state index is 11.4. The Morgan fingerprint density at radius 1 is 0.727 bits per heavy atom. The number of aromatic hydroxyl groups is 2. The van der Waals surface area contributed by atoms with Gasteiger partial charge in [-0.15, -0.1) is 20.4 Å². The highest BCUT2D eigenvalue weighted by molar-refractivity contribution is 5.83. The molecule has 3 aromatic heterocycles. The Morgan fingerprint density at radius 3 is 2.20 bits per heavy atom. The molecule has 11 heteroatoms. The fourth-order valence-corrected chi connectivity index (χ4v) is 5.10. The standard InChI is InChI=1S/C33H31N9O2/c1-41-18-28(36-19-41)25-16-26(37-39-32(25)34)24-11-6-10-22(31(24)44)21-8-5-7-20(15-21)13-14-42(2)29-17-27(38-40-33(29)35)23-9-3-4-12-30(23)43/h3-12,15-19,43-44H,13-14H2,1-2H3,(H2,34,39)(H2,35,40). The molecular formula is C33H31N9O2. The average Bonchev–Trinajstić information content (AvgIpc) is 3.47. The Labute approximate surface area is 254 Å².